The van der Waals surface area contributed by atoms with Gasteiger partial charge in [-0.3, -0.25) is 9.69 Å². The lowest BCUT2D eigenvalue weighted by molar-refractivity contribution is -0.131. The Labute approximate surface area is 143 Å². The van der Waals surface area contributed by atoms with Crippen LogP contribution >= 0.6 is 11.6 Å². The van der Waals surface area contributed by atoms with Crippen LogP contribution in [0, 0.1) is 5.41 Å². The minimum Gasteiger partial charge on any atom is -0.384 e. The number of rotatable bonds is 5. The molecule has 3 rings (SSSR count). The molecule has 2 saturated heterocycles. The van der Waals surface area contributed by atoms with E-state index in [0.717, 1.165) is 44.2 Å². The number of methoxy groups -OCH3 is 1. The van der Waals surface area contributed by atoms with E-state index < -0.39 is 0 Å². The predicted octanol–water partition coefficient (Wildman–Crippen LogP) is 2.80. The zero-order valence-electron chi connectivity index (χ0n) is 13.8. The van der Waals surface area contributed by atoms with E-state index in [1.165, 1.54) is 12.0 Å². The zero-order chi connectivity index (χ0) is 16.3. The number of likely N-dealkylation sites (tertiary alicyclic amines) is 2. The predicted molar refractivity (Wildman–Crippen MR) is 91.5 cm³/mol. The topological polar surface area (TPSA) is 32.8 Å². The molecule has 0 radical (unpaired) electrons. The lowest BCUT2D eigenvalue weighted by Crippen LogP contribution is -2.34. The van der Waals surface area contributed by atoms with E-state index in [9.17, 15) is 4.79 Å². The molecule has 5 heteroatoms. The lowest BCUT2D eigenvalue weighted by atomic mass is 9.86. The fourth-order valence-electron chi connectivity index (χ4n) is 3.84. The van der Waals surface area contributed by atoms with Gasteiger partial charge in [-0.15, -0.1) is 0 Å². The highest BCUT2D eigenvalue weighted by Gasteiger charge is 2.44. The van der Waals surface area contributed by atoms with Crippen molar-refractivity contribution in [2.45, 2.75) is 25.8 Å². The highest BCUT2D eigenvalue weighted by molar-refractivity contribution is 6.30. The summed E-state index contributed by atoms with van der Waals surface area (Å²) < 4.78 is 5.02. The Morgan fingerprint density at radius 3 is 2.70 bits per heavy atom. The first-order chi connectivity index (χ1) is 11.1. The monoisotopic (exact) mass is 336 g/mol. The minimum absolute atomic E-state index is 0.236. The van der Waals surface area contributed by atoms with Crippen LogP contribution in [0.4, 0.5) is 0 Å². The molecular formula is C18H25ClN2O2. The maximum Gasteiger partial charge on any atom is 0.224 e. The van der Waals surface area contributed by atoms with Gasteiger partial charge in [-0.05, 0) is 37.1 Å². The summed E-state index contributed by atoms with van der Waals surface area (Å²) in [7, 11) is 1.64. The molecule has 1 atom stereocenters. The normalized spacial score (nSPS) is 24.7. The van der Waals surface area contributed by atoms with Gasteiger partial charge in [0.05, 0.1) is 13.0 Å². The van der Waals surface area contributed by atoms with Crippen molar-refractivity contribution >= 4 is 17.5 Å². The number of nitrogens with zero attached hydrogens (tertiary/aromatic N) is 2. The quantitative estimate of drug-likeness (QED) is 0.829. The molecule has 0 N–H and O–H groups in total. The number of benzene rings is 1. The van der Waals surface area contributed by atoms with Gasteiger partial charge in [0.25, 0.3) is 0 Å². The number of carbonyl (C=O) groups excluding carboxylic acids is 1. The molecule has 1 aromatic carbocycles. The Hall–Kier alpha value is -1.10. The van der Waals surface area contributed by atoms with Crippen LogP contribution in [-0.4, -0.2) is 55.6 Å². The average Bonchev–Trinajstić information content (AvgIpc) is 3.15. The van der Waals surface area contributed by atoms with Gasteiger partial charge in [0.2, 0.25) is 5.91 Å². The second-order valence-corrected chi connectivity index (χ2v) is 7.33. The van der Waals surface area contributed by atoms with Gasteiger partial charge in [0.15, 0.2) is 0 Å². The first kappa shape index (κ1) is 16.7. The highest BCUT2D eigenvalue weighted by atomic mass is 35.5. The second-order valence-electron chi connectivity index (χ2n) is 6.90. The van der Waals surface area contributed by atoms with Gasteiger partial charge < -0.3 is 9.64 Å². The summed E-state index contributed by atoms with van der Waals surface area (Å²) in [4.78, 5) is 16.7. The molecule has 1 aromatic rings. The molecule has 2 aliphatic rings. The Kier molecular flexibility index (Phi) is 5.24. The van der Waals surface area contributed by atoms with Crippen molar-refractivity contribution in [2.75, 3.05) is 39.9 Å². The van der Waals surface area contributed by atoms with E-state index in [1.54, 1.807) is 7.11 Å². The van der Waals surface area contributed by atoms with Crippen molar-refractivity contribution in [1.29, 1.82) is 0 Å². The van der Waals surface area contributed by atoms with E-state index in [4.69, 9.17) is 16.3 Å². The molecule has 2 aliphatic heterocycles. The molecule has 0 bridgehead atoms. The molecule has 0 saturated carbocycles. The summed E-state index contributed by atoms with van der Waals surface area (Å²) in [5, 5.41) is 0.785. The zero-order valence-corrected chi connectivity index (χ0v) is 14.5. The number of amides is 1. The highest BCUT2D eigenvalue weighted by Crippen LogP contribution is 2.40. The van der Waals surface area contributed by atoms with Crippen molar-refractivity contribution in [3.8, 4) is 0 Å². The Balaban J connectivity index is 1.53. The molecule has 126 valence electrons. The molecule has 0 aliphatic carbocycles. The third-order valence-corrected chi connectivity index (χ3v) is 5.40. The summed E-state index contributed by atoms with van der Waals surface area (Å²) in [5.74, 6) is 0.236. The number of hydrogen-bond acceptors (Lipinski definition) is 3. The summed E-state index contributed by atoms with van der Waals surface area (Å²) in [6.07, 6.45) is 2.82. The molecule has 1 spiro atoms. The molecule has 1 amide bonds. The van der Waals surface area contributed by atoms with Crippen LogP contribution < -0.4 is 0 Å². The van der Waals surface area contributed by atoms with E-state index in [2.05, 4.69) is 17.0 Å². The summed E-state index contributed by atoms with van der Waals surface area (Å²) in [6.45, 7) is 5.50. The van der Waals surface area contributed by atoms with Gasteiger partial charge in [0, 0.05) is 43.7 Å². The number of halogens is 1. The van der Waals surface area contributed by atoms with E-state index in [-0.39, 0.29) is 5.91 Å². The molecule has 0 unspecified atom stereocenters. The lowest BCUT2D eigenvalue weighted by Gasteiger charge is -2.25. The summed E-state index contributed by atoms with van der Waals surface area (Å²) in [6, 6.07) is 8.11. The Bertz CT molecular complexity index is 548. The van der Waals surface area contributed by atoms with E-state index in [0.29, 0.717) is 18.4 Å². The molecular weight excluding hydrogens is 312 g/mol. The molecule has 4 nitrogen and oxygen atoms in total. The third kappa shape index (κ3) is 4.06. The number of carbonyl (C=O) groups is 1. The smallest absolute Gasteiger partial charge is 0.224 e. The Morgan fingerprint density at radius 1 is 1.22 bits per heavy atom. The van der Waals surface area contributed by atoms with Crippen LogP contribution in [0.3, 0.4) is 0 Å². The number of hydrogen-bond donors (Lipinski definition) is 0. The van der Waals surface area contributed by atoms with Crippen molar-refractivity contribution in [1.82, 2.24) is 9.80 Å². The standard InChI is InChI=1S/C18H25ClN2O2/c1-23-11-6-17(22)21-10-8-18(14-21)7-9-20(13-18)12-15-2-4-16(19)5-3-15/h2-5H,6-14H2,1H3/t18-/m0/s1. The fraction of sp³-hybridized carbons (Fsp3) is 0.611. The maximum absolute atomic E-state index is 12.2. The largest absolute Gasteiger partial charge is 0.384 e. The van der Waals surface area contributed by atoms with Crippen LogP contribution in [-0.2, 0) is 16.1 Å². The van der Waals surface area contributed by atoms with Crippen LogP contribution in [0.2, 0.25) is 5.02 Å². The molecule has 23 heavy (non-hydrogen) atoms. The van der Waals surface area contributed by atoms with Crippen molar-refractivity contribution < 1.29 is 9.53 Å². The number of ether oxygens (including phenoxy) is 1. The second kappa shape index (κ2) is 7.20. The average molecular weight is 337 g/mol. The van der Waals surface area contributed by atoms with Gasteiger partial charge in [-0.2, -0.15) is 0 Å². The maximum atomic E-state index is 12.2. The van der Waals surface area contributed by atoms with Crippen LogP contribution in [0.5, 0.6) is 0 Å². The summed E-state index contributed by atoms with van der Waals surface area (Å²) >= 11 is 5.95. The van der Waals surface area contributed by atoms with Gasteiger partial charge in [0.1, 0.15) is 0 Å². The van der Waals surface area contributed by atoms with Crippen molar-refractivity contribution in [3.05, 3.63) is 34.9 Å². The van der Waals surface area contributed by atoms with Gasteiger partial charge in [-0.25, -0.2) is 0 Å². The van der Waals surface area contributed by atoms with Crippen LogP contribution in [0.1, 0.15) is 24.8 Å². The first-order valence-corrected chi connectivity index (χ1v) is 8.72. The van der Waals surface area contributed by atoms with Gasteiger partial charge >= 0.3 is 0 Å². The summed E-state index contributed by atoms with van der Waals surface area (Å²) in [5.41, 5.74) is 1.60. The third-order valence-electron chi connectivity index (χ3n) is 5.15. The van der Waals surface area contributed by atoms with Crippen molar-refractivity contribution in [3.63, 3.8) is 0 Å². The van der Waals surface area contributed by atoms with Gasteiger partial charge in [-0.1, -0.05) is 23.7 Å². The SMILES string of the molecule is COCCC(=O)N1CC[C@]2(CCN(Cc3ccc(Cl)cc3)C2)C1. The minimum atomic E-state index is 0.236. The van der Waals surface area contributed by atoms with E-state index >= 15 is 0 Å². The molecule has 0 aromatic heterocycles. The van der Waals surface area contributed by atoms with Crippen LogP contribution in [0.15, 0.2) is 24.3 Å². The van der Waals surface area contributed by atoms with E-state index in [1.807, 2.05) is 17.0 Å². The first-order valence-electron chi connectivity index (χ1n) is 8.34. The van der Waals surface area contributed by atoms with Crippen LogP contribution in [0.25, 0.3) is 0 Å². The fourth-order valence-corrected chi connectivity index (χ4v) is 3.97. The Morgan fingerprint density at radius 2 is 1.96 bits per heavy atom. The van der Waals surface area contributed by atoms with Crippen molar-refractivity contribution in [2.24, 2.45) is 5.41 Å². The molecule has 2 fully saturated rings. The molecule has 2 heterocycles.